The van der Waals surface area contributed by atoms with Gasteiger partial charge in [0.15, 0.2) is 11.5 Å². The third-order valence-electron chi connectivity index (χ3n) is 5.69. The largest absolute Gasteiger partial charge is 0.454 e. The number of hydrogen-bond acceptors (Lipinski definition) is 8. The number of halogens is 1. The molecule has 0 unspecified atom stereocenters. The number of ether oxygens (including phenoxy) is 3. The molecule has 0 atom stereocenters. The molecule has 0 bridgehead atoms. The summed E-state index contributed by atoms with van der Waals surface area (Å²) in [6.45, 7) is 0.429. The Balaban J connectivity index is 1.36. The summed E-state index contributed by atoms with van der Waals surface area (Å²) in [5.41, 5.74) is 1.05. The lowest BCUT2D eigenvalue weighted by Gasteiger charge is -2.14. The maximum Gasteiger partial charge on any atom is 0.269 e. The Kier molecular flexibility index (Phi) is 6.19. The number of nitrogens with zero attached hydrogens (tertiary/aromatic N) is 3. The molecule has 1 amide bonds. The van der Waals surface area contributed by atoms with Crippen molar-refractivity contribution in [2.75, 3.05) is 6.79 Å². The number of carbonyl (C=O) groups excluding carboxylic acids is 1. The van der Waals surface area contributed by atoms with Crippen molar-refractivity contribution in [2.45, 2.75) is 6.54 Å². The molecule has 0 N–H and O–H groups in total. The highest BCUT2D eigenvalue weighted by molar-refractivity contribution is 9.10. The average Bonchev–Trinajstić information content (AvgIpc) is 3.47. The molecule has 2 aliphatic rings. The molecule has 0 spiro atoms. The van der Waals surface area contributed by atoms with Gasteiger partial charge in [-0.2, -0.15) is 4.98 Å². The highest BCUT2D eigenvalue weighted by Gasteiger charge is 2.33. The van der Waals surface area contributed by atoms with E-state index in [0.717, 1.165) is 21.8 Å². The number of benzene rings is 2. The molecule has 0 saturated carbocycles. The zero-order valence-electron chi connectivity index (χ0n) is 18.9. The maximum atomic E-state index is 13.4. The van der Waals surface area contributed by atoms with Gasteiger partial charge in [0.25, 0.3) is 11.5 Å². The van der Waals surface area contributed by atoms with Crippen LogP contribution in [0.3, 0.4) is 0 Å². The topological polar surface area (TPSA) is 82.4 Å². The van der Waals surface area contributed by atoms with Gasteiger partial charge in [-0.3, -0.25) is 18.9 Å². The van der Waals surface area contributed by atoms with Crippen molar-refractivity contribution >= 4 is 61.9 Å². The summed E-state index contributed by atoms with van der Waals surface area (Å²) in [5, 5.41) is 0. The van der Waals surface area contributed by atoms with Crippen LogP contribution in [0.2, 0.25) is 0 Å². The molecule has 2 aromatic heterocycles. The van der Waals surface area contributed by atoms with Crippen molar-refractivity contribution < 1.29 is 19.0 Å². The van der Waals surface area contributed by atoms with Crippen LogP contribution in [0.4, 0.5) is 0 Å². The molecule has 1 fully saturated rings. The summed E-state index contributed by atoms with van der Waals surface area (Å²) in [7, 11) is 0. The summed E-state index contributed by atoms with van der Waals surface area (Å²) in [6, 6.07) is 17.9. The van der Waals surface area contributed by atoms with Crippen LogP contribution in [0, 0.1) is 0 Å². The van der Waals surface area contributed by atoms with Crippen LogP contribution in [0.1, 0.15) is 11.1 Å². The Labute approximate surface area is 228 Å². The van der Waals surface area contributed by atoms with Crippen LogP contribution in [-0.4, -0.2) is 31.3 Å². The van der Waals surface area contributed by atoms with Crippen LogP contribution in [0.15, 0.2) is 81.0 Å². The van der Waals surface area contributed by atoms with Gasteiger partial charge in [0.2, 0.25) is 12.7 Å². The number of fused-ring (bicyclic) bond motifs is 2. The van der Waals surface area contributed by atoms with Crippen molar-refractivity contribution in [2.24, 2.45) is 0 Å². The fourth-order valence-corrected chi connectivity index (χ4v) is 5.39. The number of thiocarbonyl (C=S) groups is 1. The second-order valence-corrected chi connectivity index (χ2v) is 10.7. The van der Waals surface area contributed by atoms with Crippen molar-refractivity contribution in [3.63, 3.8) is 0 Å². The van der Waals surface area contributed by atoms with E-state index in [0.29, 0.717) is 32.1 Å². The smallest absolute Gasteiger partial charge is 0.269 e. The van der Waals surface area contributed by atoms with E-state index < -0.39 is 0 Å². The van der Waals surface area contributed by atoms with Crippen molar-refractivity contribution in [3.8, 4) is 23.1 Å². The molecule has 2 aliphatic heterocycles. The second kappa shape index (κ2) is 9.66. The SMILES string of the molecule is O=C1C(=Cc2c(Oc3ccc(Br)cc3)nc3ccccn3c2=O)SC(=S)N1Cc1ccc2c(c1)OCO2. The van der Waals surface area contributed by atoms with E-state index in [4.69, 9.17) is 26.4 Å². The van der Waals surface area contributed by atoms with E-state index in [1.165, 1.54) is 15.4 Å². The zero-order chi connectivity index (χ0) is 25.5. The van der Waals surface area contributed by atoms with Crippen LogP contribution in [0.25, 0.3) is 11.7 Å². The molecular weight excluding hydrogens is 578 g/mol. The molecule has 4 heterocycles. The van der Waals surface area contributed by atoms with Crippen molar-refractivity contribution in [3.05, 3.63) is 97.7 Å². The Bertz CT molecular complexity index is 1670. The van der Waals surface area contributed by atoms with Crippen LogP contribution >= 0.6 is 39.9 Å². The first-order valence-corrected chi connectivity index (χ1v) is 13.1. The summed E-state index contributed by atoms with van der Waals surface area (Å²) in [4.78, 5) is 33.2. The van der Waals surface area contributed by atoms with E-state index in [2.05, 4.69) is 20.9 Å². The second-order valence-electron chi connectivity index (χ2n) is 8.08. The lowest BCUT2D eigenvalue weighted by molar-refractivity contribution is -0.122. The van der Waals surface area contributed by atoms with Gasteiger partial charge in [-0.25, -0.2) is 0 Å². The molecule has 37 heavy (non-hydrogen) atoms. The van der Waals surface area contributed by atoms with Crippen molar-refractivity contribution in [1.29, 1.82) is 0 Å². The summed E-state index contributed by atoms with van der Waals surface area (Å²) in [6.07, 6.45) is 3.12. The molecule has 4 aromatic rings. The minimum Gasteiger partial charge on any atom is -0.454 e. The van der Waals surface area contributed by atoms with Crippen LogP contribution < -0.4 is 19.8 Å². The lowest BCUT2D eigenvalue weighted by Crippen LogP contribution is -2.27. The molecule has 6 rings (SSSR count). The average molecular weight is 594 g/mol. The van der Waals surface area contributed by atoms with Gasteiger partial charge < -0.3 is 14.2 Å². The normalized spacial score (nSPS) is 15.7. The number of rotatable bonds is 5. The minimum absolute atomic E-state index is 0.0968. The quantitative estimate of drug-likeness (QED) is 0.225. The molecule has 0 aliphatic carbocycles. The molecule has 11 heteroatoms. The first-order chi connectivity index (χ1) is 18.0. The molecular formula is C26H16BrN3O5S2. The standard InChI is InChI=1S/C26H16BrN3O5S2/c27-16-5-7-17(8-6-16)35-23-18(24(31)29-10-2-1-3-22(29)28-23)12-21-25(32)30(26(36)37-21)13-15-4-9-19-20(11-15)34-14-33-19/h1-12H,13-14H2. The van der Waals surface area contributed by atoms with Gasteiger partial charge in [-0.1, -0.05) is 52.0 Å². The minimum atomic E-state index is -0.362. The predicted octanol–water partition coefficient (Wildman–Crippen LogP) is 5.38. The zero-order valence-corrected chi connectivity index (χ0v) is 22.1. The highest BCUT2D eigenvalue weighted by Crippen LogP contribution is 2.37. The van der Waals surface area contributed by atoms with Crippen LogP contribution in [-0.2, 0) is 11.3 Å². The first kappa shape index (κ1) is 23.7. The van der Waals surface area contributed by atoms with Gasteiger partial charge >= 0.3 is 0 Å². The number of thioether (sulfide) groups is 1. The Morgan fingerprint density at radius 1 is 1.08 bits per heavy atom. The number of hydrogen-bond donors (Lipinski definition) is 0. The van der Waals surface area contributed by atoms with E-state index in [9.17, 15) is 9.59 Å². The number of amides is 1. The van der Waals surface area contributed by atoms with Gasteiger partial charge in [-0.05, 0) is 60.2 Å². The third kappa shape index (κ3) is 4.61. The Morgan fingerprint density at radius 3 is 2.73 bits per heavy atom. The summed E-state index contributed by atoms with van der Waals surface area (Å²) in [5.74, 6) is 1.58. The monoisotopic (exact) mass is 593 g/mol. The van der Waals surface area contributed by atoms with Gasteiger partial charge in [0, 0.05) is 10.7 Å². The molecule has 0 radical (unpaired) electrons. The van der Waals surface area contributed by atoms with Crippen LogP contribution in [0.5, 0.6) is 23.1 Å². The Hall–Kier alpha value is -3.67. The third-order valence-corrected chi connectivity index (χ3v) is 7.60. The van der Waals surface area contributed by atoms with Gasteiger partial charge in [0.1, 0.15) is 21.3 Å². The van der Waals surface area contributed by atoms with Gasteiger partial charge in [0.05, 0.1) is 11.4 Å². The van der Waals surface area contributed by atoms with Crippen molar-refractivity contribution in [1.82, 2.24) is 14.3 Å². The van der Waals surface area contributed by atoms with Gasteiger partial charge in [-0.15, -0.1) is 0 Å². The number of carbonyl (C=O) groups is 1. The fraction of sp³-hybridized carbons (Fsp3) is 0.0769. The summed E-state index contributed by atoms with van der Waals surface area (Å²) >= 11 is 10.0. The molecule has 2 aromatic carbocycles. The lowest BCUT2D eigenvalue weighted by atomic mass is 10.2. The first-order valence-electron chi connectivity index (χ1n) is 11.0. The number of pyridine rings is 1. The predicted molar refractivity (Wildman–Crippen MR) is 147 cm³/mol. The Morgan fingerprint density at radius 2 is 1.89 bits per heavy atom. The fourth-order valence-electron chi connectivity index (χ4n) is 3.89. The molecule has 184 valence electrons. The number of aromatic nitrogens is 2. The van der Waals surface area contributed by atoms with E-state index in [1.807, 2.05) is 24.3 Å². The van der Waals surface area contributed by atoms with E-state index >= 15 is 0 Å². The maximum absolute atomic E-state index is 13.4. The molecule has 8 nitrogen and oxygen atoms in total. The molecule has 1 saturated heterocycles. The summed E-state index contributed by atoms with van der Waals surface area (Å²) < 4.78 is 19.5. The van der Waals surface area contributed by atoms with E-state index in [1.54, 1.807) is 42.6 Å². The van der Waals surface area contributed by atoms with E-state index in [-0.39, 0.29) is 36.2 Å². The highest BCUT2D eigenvalue weighted by atomic mass is 79.9.